The molecule has 1 aromatic rings. The van der Waals surface area contributed by atoms with Gasteiger partial charge in [0, 0.05) is 12.1 Å². The molecule has 1 aliphatic heterocycles. The third kappa shape index (κ3) is 1.58. The van der Waals surface area contributed by atoms with Gasteiger partial charge in [-0.05, 0) is 0 Å². The quantitative estimate of drug-likeness (QED) is 0.398. The number of nitro groups is 1. The van der Waals surface area contributed by atoms with E-state index < -0.39 is 4.92 Å². The molecule has 1 unspecified atom stereocenters. The molecule has 0 saturated carbocycles. The third-order valence-electron chi connectivity index (χ3n) is 2.22. The molecule has 0 bridgehead atoms. The van der Waals surface area contributed by atoms with Gasteiger partial charge in [-0.3, -0.25) is 19.8 Å². The zero-order valence-corrected chi connectivity index (χ0v) is 7.68. The Morgan fingerprint density at radius 2 is 2.47 bits per heavy atom. The van der Waals surface area contributed by atoms with Crippen molar-refractivity contribution in [3.63, 3.8) is 0 Å². The summed E-state index contributed by atoms with van der Waals surface area (Å²) >= 11 is 0. The van der Waals surface area contributed by atoms with Crippen molar-refractivity contribution in [2.45, 2.75) is 12.6 Å². The Bertz CT molecular complexity index is 425. The molecule has 2 heterocycles. The second kappa shape index (κ2) is 3.52. The van der Waals surface area contributed by atoms with Gasteiger partial charge in [0.15, 0.2) is 0 Å². The third-order valence-corrected chi connectivity index (χ3v) is 2.22. The molecule has 1 aliphatic rings. The summed E-state index contributed by atoms with van der Waals surface area (Å²) in [4.78, 5) is 21.8. The molecule has 1 amide bonds. The molecule has 7 heteroatoms. The zero-order chi connectivity index (χ0) is 10.8. The lowest BCUT2D eigenvalue weighted by Gasteiger charge is -2.13. The maximum Gasteiger partial charge on any atom is 0.232 e. The number of nitrogens with zero attached hydrogens (tertiary/aromatic N) is 4. The Kier molecular flexibility index (Phi) is 2.20. The fourth-order valence-electron chi connectivity index (χ4n) is 1.58. The Labute approximate surface area is 84.7 Å². The van der Waals surface area contributed by atoms with Crippen molar-refractivity contribution in [1.82, 2.24) is 9.78 Å². The summed E-state index contributed by atoms with van der Waals surface area (Å²) in [5, 5.41) is 14.1. The molecule has 0 fully saturated rings. The molecule has 15 heavy (non-hydrogen) atoms. The summed E-state index contributed by atoms with van der Waals surface area (Å²) in [5.41, 5.74) is 0. The number of amides is 1. The fraction of sp³-hybridized carbons (Fsp3) is 0.250. The highest BCUT2D eigenvalue weighted by molar-refractivity contribution is 5.76. The van der Waals surface area contributed by atoms with Crippen LogP contribution in [-0.2, 0) is 11.3 Å². The van der Waals surface area contributed by atoms with E-state index in [-0.39, 0.29) is 6.04 Å². The SMILES string of the molecule is O=CN1c2ccnn2CC1/C=C/[N+](=O)[O-]. The summed E-state index contributed by atoms with van der Waals surface area (Å²) in [6, 6.07) is 1.37. The molecule has 0 aliphatic carbocycles. The van der Waals surface area contributed by atoms with Crippen LogP contribution in [0.2, 0.25) is 0 Å². The number of hydrogen-bond donors (Lipinski definition) is 0. The van der Waals surface area contributed by atoms with Crippen LogP contribution in [0.15, 0.2) is 24.5 Å². The summed E-state index contributed by atoms with van der Waals surface area (Å²) < 4.78 is 1.63. The molecule has 0 aromatic carbocycles. The van der Waals surface area contributed by atoms with Crippen LogP contribution in [0.5, 0.6) is 0 Å². The highest BCUT2D eigenvalue weighted by atomic mass is 16.6. The minimum Gasteiger partial charge on any atom is -0.290 e. The van der Waals surface area contributed by atoms with E-state index in [0.717, 1.165) is 6.20 Å². The lowest BCUT2D eigenvalue weighted by atomic mass is 10.3. The number of hydrogen-bond acceptors (Lipinski definition) is 4. The van der Waals surface area contributed by atoms with Crippen molar-refractivity contribution in [2.75, 3.05) is 4.90 Å². The molecule has 0 spiro atoms. The number of fused-ring (bicyclic) bond motifs is 1. The summed E-state index contributed by atoms with van der Waals surface area (Å²) in [7, 11) is 0. The molecule has 78 valence electrons. The van der Waals surface area contributed by atoms with Crippen molar-refractivity contribution >= 4 is 12.2 Å². The van der Waals surface area contributed by atoms with Crippen LogP contribution in [-0.4, -0.2) is 27.2 Å². The molecule has 1 aromatic heterocycles. The van der Waals surface area contributed by atoms with Gasteiger partial charge in [-0.25, -0.2) is 4.68 Å². The van der Waals surface area contributed by atoms with E-state index in [9.17, 15) is 14.9 Å². The molecular formula is C8H8N4O3. The van der Waals surface area contributed by atoms with Crippen molar-refractivity contribution in [3.05, 3.63) is 34.7 Å². The topological polar surface area (TPSA) is 81.3 Å². The normalized spacial score (nSPS) is 19.5. The number of aromatic nitrogens is 2. The van der Waals surface area contributed by atoms with Crippen molar-refractivity contribution in [2.24, 2.45) is 0 Å². The minimum atomic E-state index is -0.552. The first kappa shape index (κ1) is 9.38. The molecule has 2 rings (SSSR count). The van der Waals surface area contributed by atoms with Crippen LogP contribution < -0.4 is 4.90 Å². The Morgan fingerprint density at radius 3 is 3.13 bits per heavy atom. The van der Waals surface area contributed by atoms with Crippen LogP contribution in [0.25, 0.3) is 0 Å². The van der Waals surface area contributed by atoms with E-state index in [1.807, 2.05) is 0 Å². The highest BCUT2D eigenvalue weighted by Gasteiger charge is 2.28. The van der Waals surface area contributed by atoms with Gasteiger partial charge in [-0.15, -0.1) is 0 Å². The molecule has 1 atom stereocenters. The molecule has 0 saturated heterocycles. The first-order chi connectivity index (χ1) is 7.22. The number of anilines is 1. The average molecular weight is 208 g/mol. The van der Waals surface area contributed by atoms with Gasteiger partial charge < -0.3 is 0 Å². The van der Waals surface area contributed by atoms with Crippen molar-refractivity contribution in [1.29, 1.82) is 0 Å². The second-order valence-electron chi connectivity index (χ2n) is 3.08. The van der Waals surface area contributed by atoms with Crippen LogP contribution in [0.1, 0.15) is 0 Å². The fourth-order valence-corrected chi connectivity index (χ4v) is 1.58. The molecular weight excluding hydrogens is 200 g/mol. The number of carbonyl (C=O) groups excluding carboxylic acids is 1. The largest absolute Gasteiger partial charge is 0.290 e. The zero-order valence-electron chi connectivity index (χ0n) is 7.68. The molecule has 0 radical (unpaired) electrons. The van der Waals surface area contributed by atoms with E-state index in [0.29, 0.717) is 18.8 Å². The monoisotopic (exact) mass is 208 g/mol. The second-order valence-corrected chi connectivity index (χ2v) is 3.08. The van der Waals surface area contributed by atoms with Gasteiger partial charge in [-0.1, -0.05) is 0 Å². The molecule has 7 nitrogen and oxygen atoms in total. The van der Waals surface area contributed by atoms with Gasteiger partial charge in [0.1, 0.15) is 5.82 Å². The smallest absolute Gasteiger partial charge is 0.232 e. The van der Waals surface area contributed by atoms with Crippen LogP contribution in [0.3, 0.4) is 0 Å². The van der Waals surface area contributed by atoms with Crippen LogP contribution >= 0.6 is 0 Å². The van der Waals surface area contributed by atoms with Crippen LogP contribution in [0.4, 0.5) is 5.82 Å². The van der Waals surface area contributed by atoms with Crippen molar-refractivity contribution in [3.8, 4) is 0 Å². The highest BCUT2D eigenvalue weighted by Crippen LogP contribution is 2.23. The Balaban J connectivity index is 2.21. The van der Waals surface area contributed by atoms with Gasteiger partial charge in [0.2, 0.25) is 12.6 Å². The van der Waals surface area contributed by atoms with Gasteiger partial charge in [0.05, 0.1) is 23.7 Å². The number of carbonyl (C=O) groups is 1. The minimum absolute atomic E-state index is 0.323. The lowest BCUT2D eigenvalue weighted by Crippen LogP contribution is -2.28. The van der Waals surface area contributed by atoms with Gasteiger partial charge in [-0.2, -0.15) is 5.10 Å². The Morgan fingerprint density at radius 1 is 1.67 bits per heavy atom. The maximum atomic E-state index is 10.8. The van der Waals surface area contributed by atoms with E-state index in [1.54, 1.807) is 16.9 Å². The maximum absolute atomic E-state index is 10.8. The van der Waals surface area contributed by atoms with Gasteiger partial charge in [0.25, 0.3) is 0 Å². The molecule has 0 N–H and O–H groups in total. The first-order valence-corrected chi connectivity index (χ1v) is 4.29. The summed E-state index contributed by atoms with van der Waals surface area (Å²) in [6.45, 7) is 0.450. The van der Waals surface area contributed by atoms with E-state index in [2.05, 4.69) is 5.10 Å². The summed E-state index contributed by atoms with van der Waals surface area (Å²) in [5.74, 6) is 0.656. The Hall–Kier alpha value is -2.18. The van der Waals surface area contributed by atoms with Gasteiger partial charge >= 0.3 is 0 Å². The van der Waals surface area contributed by atoms with E-state index >= 15 is 0 Å². The lowest BCUT2D eigenvalue weighted by molar-refractivity contribution is -0.402. The van der Waals surface area contributed by atoms with Crippen molar-refractivity contribution < 1.29 is 9.72 Å². The summed E-state index contributed by atoms with van der Waals surface area (Å²) in [6.07, 6.45) is 4.45. The average Bonchev–Trinajstić information content (AvgIpc) is 2.72. The predicted molar refractivity (Wildman–Crippen MR) is 50.7 cm³/mol. The number of rotatable bonds is 3. The van der Waals surface area contributed by atoms with E-state index in [1.165, 1.54) is 11.0 Å². The van der Waals surface area contributed by atoms with Crippen LogP contribution in [0, 0.1) is 10.1 Å². The first-order valence-electron chi connectivity index (χ1n) is 4.29. The standard InChI is InChI=1S/C8H8N4O3/c13-6-10-7(2-4-12(14)15)5-11-8(10)1-3-9-11/h1-4,6-7H,5H2/b4-2+. The van der Waals surface area contributed by atoms with E-state index in [4.69, 9.17) is 0 Å². The predicted octanol–water partition coefficient (Wildman–Crippen LogP) is 0.0185.